The van der Waals surface area contributed by atoms with Gasteiger partial charge >= 0.3 is 5.97 Å². The molecule has 0 bridgehead atoms. The Labute approximate surface area is 128 Å². The molecule has 0 aliphatic carbocycles. The largest absolute Gasteiger partial charge is 0.476 e. The highest BCUT2D eigenvalue weighted by atomic mass is 32.1. The number of anilines is 1. The summed E-state index contributed by atoms with van der Waals surface area (Å²) in [5, 5.41) is 12.2. The van der Waals surface area contributed by atoms with Crippen LogP contribution in [0.3, 0.4) is 0 Å². The molecular formula is C14H21N3O3S. The Balaban J connectivity index is 2.23. The molecule has 1 aliphatic heterocycles. The van der Waals surface area contributed by atoms with Gasteiger partial charge in [0.2, 0.25) is 5.91 Å². The van der Waals surface area contributed by atoms with Crippen molar-refractivity contribution in [2.24, 2.45) is 0 Å². The summed E-state index contributed by atoms with van der Waals surface area (Å²) in [6.07, 6.45) is 3.47. The van der Waals surface area contributed by atoms with Crippen molar-refractivity contribution in [3.63, 3.8) is 0 Å². The number of hydrogen-bond donors (Lipinski definition) is 2. The normalized spacial score (nSPS) is 23.0. The fourth-order valence-electron chi connectivity index (χ4n) is 2.78. The van der Waals surface area contributed by atoms with Crippen molar-refractivity contribution in [3.05, 3.63) is 10.6 Å². The smallest absolute Gasteiger partial charge is 0.355 e. The molecule has 116 valence electrons. The van der Waals surface area contributed by atoms with Crippen molar-refractivity contribution >= 4 is 28.3 Å². The van der Waals surface area contributed by atoms with Gasteiger partial charge in [0.05, 0.1) is 4.88 Å². The molecular weight excluding hydrogens is 290 g/mol. The zero-order chi connectivity index (χ0) is 15.6. The zero-order valence-electron chi connectivity index (χ0n) is 12.5. The minimum Gasteiger partial charge on any atom is -0.476 e. The van der Waals surface area contributed by atoms with Gasteiger partial charge in [-0.05, 0) is 26.7 Å². The molecule has 1 aromatic rings. The average molecular weight is 311 g/mol. The minimum atomic E-state index is -1.05. The van der Waals surface area contributed by atoms with Crippen molar-refractivity contribution in [1.82, 2.24) is 9.88 Å². The lowest BCUT2D eigenvalue weighted by Gasteiger charge is -2.38. The molecule has 0 radical (unpaired) electrons. The molecule has 7 heteroatoms. The van der Waals surface area contributed by atoms with Gasteiger partial charge in [0.15, 0.2) is 10.8 Å². The second-order valence-corrected chi connectivity index (χ2v) is 6.66. The van der Waals surface area contributed by atoms with Crippen LogP contribution >= 0.6 is 11.3 Å². The number of nitrogens with zero attached hydrogens (tertiary/aromatic N) is 2. The number of carbonyl (C=O) groups excluding carboxylic acids is 1. The quantitative estimate of drug-likeness (QED) is 0.893. The molecule has 1 amide bonds. The summed E-state index contributed by atoms with van der Waals surface area (Å²) in [7, 11) is 0. The van der Waals surface area contributed by atoms with Crippen LogP contribution in [0.2, 0.25) is 0 Å². The van der Waals surface area contributed by atoms with Crippen molar-refractivity contribution in [2.75, 3.05) is 5.32 Å². The fraction of sp³-hybridized carbons (Fsp3) is 0.643. The predicted molar refractivity (Wildman–Crippen MR) is 81.7 cm³/mol. The summed E-state index contributed by atoms with van der Waals surface area (Å²) in [5.74, 6) is -1.29. The third-order valence-corrected chi connectivity index (χ3v) is 4.84. The van der Waals surface area contributed by atoms with E-state index in [2.05, 4.69) is 29.0 Å². The number of nitrogens with one attached hydrogen (secondary N) is 1. The van der Waals surface area contributed by atoms with Crippen LogP contribution in [0.15, 0.2) is 0 Å². The van der Waals surface area contributed by atoms with Crippen molar-refractivity contribution in [3.8, 4) is 0 Å². The Morgan fingerprint density at radius 1 is 1.38 bits per heavy atom. The topological polar surface area (TPSA) is 82.5 Å². The number of hydrogen-bond acceptors (Lipinski definition) is 5. The SMILES string of the molecule is CC(=O)Nc1nc(C(=O)O)c(CN2C(C)CCCC2C)s1. The Hall–Kier alpha value is -1.47. The first-order chi connectivity index (χ1) is 9.88. The van der Waals surface area contributed by atoms with Gasteiger partial charge < -0.3 is 10.4 Å². The molecule has 1 saturated heterocycles. The number of amides is 1. The summed E-state index contributed by atoms with van der Waals surface area (Å²) in [5.41, 5.74) is 0.0497. The van der Waals surface area contributed by atoms with Crippen LogP contribution in [-0.4, -0.2) is 39.0 Å². The van der Waals surface area contributed by atoms with Crippen molar-refractivity contribution in [1.29, 1.82) is 0 Å². The molecule has 2 N–H and O–H groups in total. The maximum atomic E-state index is 11.3. The molecule has 2 atom stereocenters. The standard InChI is InChI=1S/C14H21N3O3S/c1-8-5-4-6-9(2)17(8)7-11-12(13(19)20)16-14(21-11)15-10(3)18/h8-9H,4-7H2,1-3H3,(H,19,20)(H,15,16,18). The maximum Gasteiger partial charge on any atom is 0.355 e. The first kappa shape index (κ1) is 15.9. The van der Waals surface area contributed by atoms with Crippen LogP contribution in [0.5, 0.6) is 0 Å². The molecule has 0 spiro atoms. The van der Waals surface area contributed by atoms with Crippen LogP contribution in [0.1, 0.15) is 55.4 Å². The molecule has 21 heavy (non-hydrogen) atoms. The van der Waals surface area contributed by atoms with Gasteiger partial charge in [-0.2, -0.15) is 0 Å². The first-order valence-corrected chi connectivity index (χ1v) is 7.96. The molecule has 2 heterocycles. The monoisotopic (exact) mass is 311 g/mol. The minimum absolute atomic E-state index is 0.0497. The summed E-state index contributed by atoms with van der Waals surface area (Å²) >= 11 is 1.25. The van der Waals surface area contributed by atoms with E-state index in [4.69, 9.17) is 0 Å². The Morgan fingerprint density at radius 3 is 2.52 bits per heavy atom. The van der Waals surface area contributed by atoms with E-state index in [1.54, 1.807) is 0 Å². The third-order valence-electron chi connectivity index (χ3n) is 3.89. The van der Waals surface area contributed by atoms with Gasteiger partial charge in [0, 0.05) is 25.6 Å². The highest BCUT2D eigenvalue weighted by Crippen LogP contribution is 2.29. The van der Waals surface area contributed by atoms with Crippen molar-refractivity contribution in [2.45, 2.75) is 58.7 Å². The lowest BCUT2D eigenvalue weighted by atomic mass is 9.97. The first-order valence-electron chi connectivity index (χ1n) is 7.14. The van der Waals surface area contributed by atoms with E-state index in [0.29, 0.717) is 28.6 Å². The van der Waals surface area contributed by atoms with Gasteiger partial charge in [-0.3, -0.25) is 9.69 Å². The number of carbonyl (C=O) groups is 2. The van der Waals surface area contributed by atoms with E-state index in [-0.39, 0.29) is 11.6 Å². The number of likely N-dealkylation sites (tertiary alicyclic amines) is 1. The summed E-state index contributed by atoms with van der Waals surface area (Å²) in [4.78, 5) is 29.5. The fourth-order valence-corrected chi connectivity index (χ4v) is 3.79. The van der Waals surface area contributed by atoms with Crippen LogP contribution in [-0.2, 0) is 11.3 Å². The molecule has 1 aromatic heterocycles. The molecule has 1 fully saturated rings. The second kappa shape index (κ2) is 6.53. The van der Waals surface area contributed by atoms with E-state index in [9.17, 15) is 14.7 Å². The number of carboxylic acid groups (broad SMARTS) is 1. The number of aromatic nitrogens is 1. The number of thiazole rings is 1. The number of carboxylic acids is 1. The van der Waals surface area contributed by atoms with Gasteiger partial charge in [0.1, 0.15) is 0 Å². The summed E-state index contributed by atoms with van der Waals surface area (Å²) < 4.78 is 0. The Morgan fingerprint density at radius 2 is 2.00 bits per heavy atom. The molecule has 0 saturated carbocycles. The molecule has 2 rings (SSSR count). The van der Waals surface area contributed by atoms with E-state index < -0.39 is 5.97 Å². The highest BCUT2D eigenvalue weighted by molar-refractivity contribution is 7.16. The molecule has 6 nitrogen and oxygen atoms in total. The lowest BCUT2D eigenvalue weighted by Crippen LogP contribution is -2.43. The van der Waals surface area contributed by atoms with E-state index in [0.717, 1.165) is 12.8 Å². The average Bonchev–Trinajstić information content (AvgIpc) is 2.76. The van der Waals surface area contributed by atoms with Crippen LogP contribution in [0.4, 0.5) is 5.13 Å². The molecule has 1 aliphatic rings. The Kier molecular flexibility index (Phi) is 4.95. The van der Waals surface area contributed by atoms with E-state index in [1.807, 2.05) is 0 Å². The molecule has 0 aromatic carbocycles. The van der Waals surface area contributed by atoms with Crippen LogP contribution in [0.25, 0.3) is 0 Å². The second-order valence-electron chi connectivity index (χ2n) is 5.58. The maximum absolute atomic E-state index is 11.3. The van der Waals surface area contributed by atoms with Gasteiger partial charge in [0.25, 0.3) is 0 Å². The van der Waals surface area contributed by atoms with Crippen molar-refractivity contribution < 1.29 is 14.7 Å². The van der Waals surface area contributed by atoms with E-state index >= 15 is 0 Å². The highest BCUT2D eigenvalue weighted by Gasteiger charge is 2.28. The van der Waals surface area contributed by atoms with Gasteiger partial charge in [-0.25, -0.2) is 9.78 Å². The number of aromatic carboxylic acids is 1. The van der Waals surface area contributed by atoms with Crippen LogP contribution < -0.4 is 5.32 Å². The zero-order valence-corrected chi connectivity index (χ0v) is 13.4. The summed E-state index contributed by atoms with van der Waals surface area (Å²) in [6.45, 7) is 6.30. The predicted octanol–water partition coefficient (Wildman–Crippen LogP) is 2.56. The van der Waals surface area contributed by atoms with E-state index in [1.165, 1.54) is 24.7 Å². The lowest BCUT2D eigenvalue weighted by molar-refractivity contribution is -0.114. The number of rotatable bonds is 4. The van der Waals surface area contributed by atoms with Gasteiger partial charge in [-0.1, -0.05) is 17.8 Å². The number of piperidine rings is 1. The van der Waals surface area contributed by atoms with Crippen LogP contribution in [0, 0.1) is 0 Å². The summed E-state index contributed by atoms with van der Waals surface area (Å²) in [6, 6.07) is 0.864. The third kappa shape index (κ3) is 3.79. The Bertz CT molecular complexity index is 534. The molecule has 2 unspecified atom stereocenters. The van der Waals surface area contributed by atoms with Gasteiger partial charge in [-0.15, -0.1) is 0 Å².